The molecule has 1 nitrogen and oxygen atoms in total. The molecule has 1 aliphatic rings. The largest absolute Gasteiger partial charge is 0.393 e. The predicted octanol–water partition coefficient (Wildman–Crippen LogP) is 3.17. The maximum absolute atomic E-state index is 9.58. The molecule has 0 radical (unpaired) electrons. The highest BCUT2D eigenvalue weighted by molar-refractivity contribution is 5.14. The molecule has 1 saturated carbocycles. The average Bonchev–Trinajstić information content (AvgIpc) is 2.28. The SMILES string of the molecule is OC1CCCC(CCc2ccccc2)C1. The van der Waals surface area contributed by atoms with Crippen LogP contribution < -0.4 is 0 Å². The summed E-state index contributed by atoms with van der Waals surface area (Å²) in [5.41, 5.74) is 1.43. The molecule has 15 heavy (non-hydrogen) atoms. The number of aliphatic hydroxyl groups excluding tert-OH is 1. The van der Waals surface area contributed by atoms with E-state index in [0.717, 1.165) is 25.2 Å². The van der Waals surface area contributed by atoms with E-state index in [0.29, 0.717) is 0 Å². The van der Waals surface area contributed by atoms with Crippen LogP contribution in [-0.4, -0.2) is 11.2 Å². The fraction of sp³-hybridized carbons (Fsp3) is 0.571. The van der Waals surface area contributed by atoms with Gasteiger partial charge in [0.2, 0.25) is 0 Å². The van der Waals surface area contributed by atoms with Gasteiger partial charge in [-0.05, 0) is 37.2 Å². The van der Waals surface area contributed by atoms with Gasteiger partial charge in [0.05, 0.1) is 6.10 Å². The normalized spacial score (nSPS) is 26.5. The van der Waals surface area contributed by atoms with Gasteiger partial charge in [-0.25, -0.2) is 0 Å². The smallest absolute Gasteiger partial charge is 0.0542 e. The molecule has 2 unspecified atom stereocenters. The van der Waals surface area contributed by atoms with Crippen molar-refractivity contribution >= 4 is 0 Å². The molecule has 1 aliphatic carbocycles. The Bertz CT molecular complexity index is 281. The number of benzene rings is 1. The quantitative estimate of drug-likeness (QED) is 0.801. The summed E-state index contributed by atoms with van der Waals surface area (Å²) >= 11 is 0. The third-order valence-electron chi connectivity index (χ3n) is 3.44. The fourth-order valence-corrected chi connectivity index (χ4v) is 2.54. The lowest BCUT2D eigenvalue weighted by molar-refractivity contribution is 0.0984. The molecule has 0 amide bonds. The predicted molar refractivity (Wildman–Crippen MR) is 62.7 cm³/mol. The van der Waals surface area contributed by atoms with Crippen LogP contribution >= 0.6 is 0 Å². The Kier molecular flexibility index (Phi) is 3.79. The second-order valence-electron chi connectivity index (χ2n) is 4.71. The first kappa shape index (κ1) is 10.7. The molecule has 2 rings (SSSR count). The van der Waals surface area contributed by atoms with E-state index in [2.05, 4.69) is 30.3 Å². The minimum Gasteiger partial charge on any atom is -0.393 e. The molecule has 1 aromatic rings. The van der Waals surface area contributed by atoms with Crippen molar-refractivity contribution in [3.63, 3.8) is 0 Å². The maximum Gasteiger partial charge on any atom is 0.0542 e. The lowest BCUT2D eigenvalue weighted by Gasteiger charge is -2.25. The molecule has 0 bridgehead atoms. The molecule has 0 spiro atoms. The number of rotatable bonds is 3. The van der Waals surface area contributed by atoms with E-state index < -0.39 is 0 Å². The van der Waals surface area contributed by atoms with Gasteiger partial charge < -0.3 is 5.11 Å². The van der Waals surface area contributed by atoms with Gasteiger partial charge in [0.15, 0.2) is 0 Å². The monoisotopic (exact) mass is 204 g/mol. The van der Waals surface area contributed by atoms with Crippen LogP contribution in [0.15, 0.2) is 30.3 Å². The van der Waals surface area contributed by atoms with Crippen molar-refractivity contribution in [3.05, 3.63) is 35.9 Å². The van der Waals surface area contributed by atoms with Crippen LogP contribution in [0.5, 0.6) is 0 Å². The topological polar surface area (TPSA) is 20.2 Å². The Morgan fingerprint density at radius 2 is 1.93 bits per heavy atom. The zero-order valence-electron chi connectivity index (χ0n) is 9.23. The maximum atomic E-state index is 9.58. The Labute approximate surface area is 92.1 Å². The van der Waals surface area contributed by atoms with Gasteiger partial charge >= 0.3 is 0 Å². The standard InChI is InChI=1S/C14H20O/c15-14-8-4-7-13(11-14)10-9-12-5-2-1-3-6-12/h1-3,5-6,13-15H,4,7-11H2. The Balaban J connectivity index is 1.78. The Morgan fingerprint density at radius 3 is 2.67 bits per heavy atom. The second kappa shape index (κ2) is 5.32. The van der Waals surface area contributed by atoms with Crippen molar-refractivity contribution < 1.29 is 5.11 Å². The van der Waals surface area contributed by atoms with Crippen LogP contribution in [0.3, 0.4) is 0 Å². The highest BCUT2D eigenvalue weighted by atomic mass is 16.3. The Morgan fingerprint density at radius 1 is 1.13 bits per heavy atom. The highest BCUT2D eigenvalue weighted by Gasteiger charge is 2.19. The van der Waals surface area contributed by atoms with E-state index in [1.807, 2.05) is 0 Å². The molecular weight excluding hydrogens is 184 g/mol. The summed E-state index contributed by atoms with van der Waals surface area (Å²) in [4.78, 5) is 0. The van der Waals surface area contributed by atoms with E-state index in [9.17, 15) is 5.11 Å². The summed E-state index contributed by atoms with van der Waals surface area (Å²) < 4.78 is 0. The summed E-state index contributed by atoms with van der Waals surface area (Å²) in [7, 11) is 0. The van der Waals surface area contributed by atoms with Crippen LogP contribution in [0.4, 0.5) is 0 Å². The molecule has 0 aliphatic heterocycles. The molecule has 1 N–H and O–H groups in total. The van der Waals surface area contributed by atoms with E-state index in [-0.39, 0.29) is 6.10 Å². The van der Waals surface area contributed by atoms with Gasteiger partial charge in [0, 0.05) is 0 Å². The molecular formula is C14H20O. The number of hydrogen-bond donors (Lipinski definition) is 1. The molecule has 1 heteroatoms. The average molecular weight is 204 g/mol. The highest BCUT2D eigenvalue weighted by Crippen LogP contribution is 2.27. The minimum absolute atomic E-state index is 0.0282. The van der Waals surface area contributed by atoms with Gasteiger partial charge in [-0.3, -0.25) is 0 Å². The van der Waals surface area contributed by atoms with E-state index in [1.165, 1.54) is 24.8 Å². The van der Waals surface area contributed by atoms with Gasteiger partial charge in [-0.1, -0.05) is 43.2 Å². The molecule has 1 fully saturated rings. The molecule has 2 atom stereocenters. The van der Waals surface area contributed by atoms with Crippen LogP contribution in [0, 0.1) is 5.92 Å². The van der Waals surface area contributed by atoms with Crippen molar-refractivity contribution in [3.8, 4) is 0 Å². The number of aryl methyl sites for hydroxylation is 1. The summed E-state index contributed by atoms with van der Waals surface area (Å²) in [6.45, 7) is 0. The summed E-state index contributed by atoms with van der Waals surface area (Å²) in [5, 5.41) is 9.58. The van der Waals surface area contributed by atoms with Crippen molar-refractivity contribution in [2.24, 2.45) is 5.92 Å². The third-order valence-corrected chi connectivity index (χ3v) is 3.44. The van der Waals surface area contributed by atoms with Crippen LogP contribution in [0.1, 0.15) is 37.7 Å². The molecule has 1 aromatic carbocycles. The van der Waals surface area contributed by atoms with Crippen LogP contribution in [0.25, 0.3) is 0 Å². The third kappa shape index (κ3) is 3.35. The van der Waals surface area contributed by atoms with Crippen molar-refractivity contribution in [2.45, 2.75) is 44.6 Å². The van der Waals surface area contributed by atoms with Gasteiger partial charge in [0.1, 0.15) is 0 Å². The van der Waals surface area contributed by atoms with E-state index in [1.54, 1.807) is 0 Å². The molecule has 0 aromatic heterocycles. The molecule has 0 saturated heterocycles. The number of aliphatic hydroxyl groups is 1. The van der Waals surface area contributed by atoms with E-state index >= 15 is 0 Å². The lowest BCUT2D eigenvalue weighted by Crippen LogP contribution is -2.19. The van der Waals surface area contributed by atoms with Gasteiger partial charge in [0.25, 0.3) is 0 Å². The first-order valence-electron chi connectivity index (χ1n) is 6.06. The van der Waals surface area contributed by atoms with Crippen LogP contribution in [0.2, 0.25) is 0 Å². The zero-order valence-corrected chi connectivity index (χ0v) is 9.23. The first-order valence-corrected chi connectivity index (χ1v) is 6.06. The van der Waals surface area contributed by atoms with Gasteiger partial charge in [-0.2, -0.15) is 0 Å². The van der Waals surface area contributed by atoms with Crippen molar-refractivity contribution in [1.29, 1.82) is 0 Å². The summed E-state index contributed by atoms with van der Waals surface area (Å²) in [6, 6.07) is 10.7. The van der Waals surface area contributed by atoms with Gasteiger partial charge in [-0.15, -0.1) is 0 Å². The number of hydrogen-bond acceptors (Lipinski definition) is 1. The van der Waals surface area contributed by atoms with Crippen LogP contribution in [-0.2, 0) is 6.42 Å². The Hall–Kier alpha value is -0.820. The molecule has 0 heterocycles. The fourth-order valence-electron chi connectivity index (χ4n) is 2.54. The summed E-state index contributed by atoms with van der Waals surface area (Å²) in [5.74, 6) is 0.744. The first-order chi connectivity index (χ1) is 7.34. The minimum atomic E-state index is -0.0282. The van der Waals surface area contributed by atoms with E-state index in [4.69, 9.17) is 0 Å². The summed E-state index contributed by atoms with van der Waals surface area (Å²) in [6.07, 6.45) is 6.93. The second-order valence-corrected chi connectivity index (χ2v) is 4.71. The lowest BCUT2D eigenvalue weighted by atomic mass is 9.84. The molecule has 82 valence electrons. The van der Waals surface area contributed by atoms with Crippen molar-refractivity contribution in [1.82, 2.24) is 0 Å². The van der Waals surface area contributed by atoms with Crippen molar-refractivity contribution in [2.75, 3.05) is 0 Å². The zero-order chi connectivity index (χ0) is 10.5.